The van der Waals surface area contributed by atoms with Gasteiger partial charge in [0.2, 0.25) is 5.78 Å². The molecule has 1 aliphatic heterocycles. The number of ketones is 1. The van der Waals surface area contributed by atoms with E-state index in [-0.39, 0.29) is 33.5 Å². The van der Waals surface area contributed by atoms with E-state index in [0.29, 0.717) is 10.6 Å². The zero-order valence-electron chi connectivity index (χ0n) is 14.6. The van der Waals surface area contributed by atoms with Crippen molar-refractivity contribution in [2.24, 2.45) is 0 Å². The smallest absolute Gasteiger partial charge is 0.339 e. The first-order valence-corrected chi connectivity index (χ1v) is 10.1. The quantitative estimate of drug-likeness (QED) is 0.436. The maximum Gasteiger partial charge on any atom is 0.339 e. The Hall–Kier alpha value is -3.16. The summed E-state index contributed by atoms with van der Waals surface area (Å²) in [7, 11) is -4.08. The molecule has 0 unspecified atom stereocenters. The molecule has 29 heavy (non-hydrogen) atoms. The van der Waals surface area contributed by atoms with E-state index in [1.807, 2.05) is 0 Å². The standard InChI is InChI=1S/C21H12ClFO5S/c22-14-3-8-17(9-4-14)29(25,26)28-16-7-10-18-19(12-16)27-20(21(18)24)11-13-1-5-15(23)6-2-13/h1-12H/b20-11-. The number of hydrogen-bond donors (Lipinski definition) is 0. The Labute approximate surface area is 171 Å². The molecular weight excluding hydrogens is 419 g/mol. The average Bonchev–Trinajstić information content (AvgIpc) is 2.98. The molecule has 0 amide bonds. The first-order valence-electron chi connectivity index (χ1n) is 8.36. The molecule has 0 aromatic heterocycles. The monoisotopic (exact) mass is 430 g/mol. The summed E-state index contributed by atoms with van der Waals surface area (Å²) in [5.74, 6) is -0.541. The molecule has 0 fully saturated rings. The van der Waals surface area contributed by atoms with Gasteiger partial charge >= 0.3 is 10.1 Å². The summed E-state index contributed by atoms with van der Waals surface area (Å²) in [4.78, 5) is 12.4. The van der Waals surface area contributed by atoms with Crippen LogP contribution in [-0.4, -0.2) is 14.2 Å². The van der Waals surface area contributed by atoms with Crippen LogP contribution in [0, 0.1) is 5.82 Å². The number of hydrogen-bond acceptors (Lipinski definition) is 5. The highest BCUT2D eigenvalue weighted by Gasteiger charge is 2.28. The van der Waals surface area contributed by atoms with Gasteiger partial charge in [-0.05, 0) is 60.2 Å². The van der Waals surface area contributed by atoms with E-state index >= 15 is 0 Å². The first-order chi connectivity index (χ1) is 13.8. The number of ether oxygens (including phenoxy) is 1. The van der Waals surface area contributed by atoms with Crippen LogP contribution in [0.25, 0.3) is 6.08 Å². The van der Waals surface area contributed by atoms with Gasteiger partial charge in [-0.1, -0.05) is 23.7 Å². The Morgan fingerprint density at radius 3 is 2.34 bits per heavy atom. The van der Waals surface area contributed by atoms with Crippen molar-refractivity contribution in [3.63, 3.8) is 0 Å². The lowest BCUT2D eigenvalue weighted by atomic mass is 10.1. The summed E-state index contributed by atoms with van der Waals surface area (Å²) in [6, 6.07) is 15.2. The van der Waals surface area contributed by atoms with Crippen molar-refractivity contribution in [3.05, 3.63) is 94.5 Å². The van der Waals surface area contributed by atoms with Crippen LogP contribution in [0.1, 0.15) is 15.9 Å². The Kier molecular flexibility index (Phi) is 4.86. The highest BCUT2D eigenvalue weighted by molar-refractivity contribution is 7.87. The summed E-state index contributed by atoms with van der Waals surface area (Å²) < 4.78 is 48.5. The number of halogens is 2. The number of carbonyl (C=O) groups excluding carboxylic acids is 1. The van der Waals surface area contributed by atoms with E-state index in [0.717, 1.165) is 0 Å². The molecule has 5 nitrogen and oxygen atoms in total. The number of rotatable bonds is 4. The van der Waals surface area contributed by atoms with E-state index in [1.54, 1.807) is 0 Å². The molecule has 0 saturated carbocycles. The molecule has 3 aromatic rings. The van der Waals surface area contributed by atoms with E-state index in [1.165, 1.54) is 72.8 Å². The second kappa shape index (κ2) is 7.35. The summed E-state index contributed by atoms with van der Waals surface area (Å²) in [6.45, 7) is 0. The van der Waals surface area contributed by atoms with Gasteiger partial charge in [-0.2, -0.15) is 8.42 Å². The molecular formula is C21H12ClFO5S. The van der Waals surface area contributed by atoms with Crippen molar-refractivity contribution in [3.8, 4) is 11.5 Å². The molecule has 0 aliphatic carbocycles. The lowest BCUT2D eigenvalue weighted by molar-refractivity contribution is 0.101. The second-order valence-corrected chi connectivity index (χ2v) is 8.12. The van der Waals surface area contributed by atoms with Gasteiger partial charge in [-0.3, -0.25) is 4.79 Å². The fourth-order valence-electron chi connectivity index (χ4n) is 2.71. The minimum Gasteiger partial charge on any atom is -0.452 e. The van der Waals surface area contributed by atoms with Crippen LogP contribution in [0.3, 0.4) is 0 Å². The minimum atomic E-state index is -4.08. The van der Waals surface area contributed by atoms with Gasteiger partial charge in [0.25, 0.3) is 0 Å². The van der Waals surface area contributed by atoms with Crippen molar-refractivity contribution in [1.82, 2.24) is 0 Å². The van der Waals surface area contributed by atoms with Crippen LogP contribution in [0.2, 0.25) is 5.02 Å². The third kappa shape index (κ3) is 4.01. The molecule has 0 atom stereocenters. The Morgan fingerprint density at radius 2 is 1.66 bits per heavy atom. The topological polar surface area (TPSA) is 69.7 Å². The summed E-state index contributed by atoms with van der Waals surface area (Å²) >= 11 is 5.77. The van der Waals surface area contributed by atoms with Gasteiger partial charge in [0.1, 0.15) is 22.2 Å². The molecule has 0 spiro atoms. The average molecular weight is 431 g/mol. The number of Topliss-reactive ketones (excluding diaryl/α,β-unsaturated/α-hetero) is 1. The van der Waals surface area contributed by atoms with Crippen molar-refractivity contribution < 1.29 is 26.5 Å². The highest BCUT2D eigenvalue weighted by Crippen LogP contribution is 2.35. The molecule has 3 aromatic carbocycles. The van der Waals surface area contributed by atoms with Crippen molar-refractivity contribution in [2.45, 2.75) is 4.90 Å². The Morgan fingerprint density at radius 1 is 0.966 bits per heavy atom. The molecule has 0 bridgehead atoms. The lowest BCUT2D eigenvalue weighted by Crippen LogP contribution is -2.09. The van der Waals surface area contributed by atoms with Crippen LogP contribution in [-0.2, 0) is 10.1 Å². The molecule has 0 saturated heterocycles. The van der Waals surface area contributed by atoms with E-state index in [2.05, 4.69) is 0 Å². The molecule has 146 valence electrons. The van der Waals surface area contributed by atoms with E-state index in [9.17, 15) is 17.6 Å². The van der Waals surface area contributed by atoms with Crippen LogP contribution in [0.5, 0.6) is 11.5 Å². The molecule has 0 radical (unpaired) electrons. The van der Waals surface area contributed by atoms with Crippen LogP contribution >= 0.6 is 11.6 Å². The van der Waals surface area contributed by atoms with Crippen LogP contribution in [0.15, 0.2) is 77.4 Å². The van der Waals surface area contributed by atoms with Gasteiger partial charge < -0.3 is 8.92 Å². The predicted octanol–water partition coefficient (Wildman–Crippen LogP) is 4.86. The fraction of sp³-hybridized carbons (Fsp3) is 0. The Balaban J connectivity index is 1.59. The van der Waals surface area contributed by atoms with Gasteiger partial charge in [0, 0.05) is 11.1 Å². The number of allylic oxidation sites excluding steroid dienone is 1. The highest BCUT2D eigenvalue weighted by atomic mass is 35.5. The molecule has 1 aliphatic rings. The number of fused-ring (bicyclic) bond motifs is 1. The zero-order chi connectivity index (χ0) is 20.6. The summed E-state index contributed by atoms with van der Waals surface area (Å²) in [5.41, 5.74) is 0.860. The van der Waals surface area contributed by atoms with Crippen molar-refractivity contribution in [2.75, 3.05) is 0 Å². The molecule has 4 rings (SSSR count). The van der Waals surface area contributed by atoms with E-state index < -0.39 is 15.9 Å². The van der Waals surface area contributed by atoms with Crippen molar-refractivity contribution in [1.29, 1.82) is 0 Å². The minimum absolute atomic E-state index is 0.00506. The number of carbonyl (C=O) groups is 1. The van der Waals surface area contributed by atoms with Crippen LogP contribution in [0.4, 0.5) is 4.39 Å². The third-order valence-electron chi connectivity index (χ3n) is 4.12. The summed E-state index contributed by atoms with van der Waals surface area (Å²) in [6.07, 6.45) is 1.48. The maximum absolute atomic E-state index is 13.0. The lowest BCUT2D eigenvalue weighted by Gasteiger charge is -2.08. The van der Waals surface area contributed by atoms with Gasteiger partial charge in [-0.15, -0.1) is 0 Å². The maximum atomic E-state index is 13.0. The Bertz CT molecular complexity index is 1230. The van der Waals surface area contributed by atoms with Gasteiger partial charge in [0.05, 0.1) is 5.56 Å². The van der Waals surface area contributed by atoms with E-state index in [4.69, 9.17) is 20.5 Å². The molecule has 1 heterocycles. The second-order valence-electron chi connectivity index (χ2n) is 6.14. The first kappa shape index (κ1) is 19.2. The summed E-state index contributed by atoms with van der Waals surface area (Å²) in [5, 5.41) is 0.397. The van der Waals surface area contributed by atoms with Crippen molar-refractivity contribution >= 4 is 33.6 Å². The molecule has 8 heteroatoms. The normalized spacial score (nSPS) is 14.6. The largest absolute Gasteiger partial charge is 0.452 e. The third-order valence-corrected chi connectivity index (χ3v) is 5.63. The van der Waals surface area contributed by atoms with Crippen LogP contribution < -0.4 is 8.92 Å². The predicted molar refractivity (Wildman–Crippen MR) is 105 cm³/mol. The zero-order valence-corrected chi connectivity index (χ0v) is 16.2. The fourth-order valence-corrected chi connectivity index (χ4v) is 3.75. The van der Waals surface area contributed by atoms with Gasteiger partial charge in [-0.25, -0.2) is 4.39 Å². The number of benzene rings is 3. The molecule has 0 N–H and O–H groups in total. The van der Waals surface area contributed by atoms with Gasteiger partial charge in [0.15, 0.2) is 5.76 Å². The SMILES string of the molecule is O=C1/C(=C/c2ccc(F)cc2)Oc2cc(OS(=O)(=O)c3ccc(Cl)cc3)ccc21.